The summed E-state index contributed by atoms with van der Waals surface area (Å²) in [5, 5.41) is 26.0. The van der Waals surface area contributed by atoms with Gasteiger partial charge in [-0.2, -0.15) is 5.26 Å². The Morgan fingerprint density at radius 3 is 2.33 bits per heavy atom. The maximum Gasteiger partial charge on any atom is 0.246 e. The van der Waals surface area contributed by atoms with Crippen molar-refractivity contribution >= 4 is 52.1 Å². The molecule has 1 aromatic heterocycles. The van der Waals surface area contributed by atoms with E-state index >= 15 is 0 Å². The number of hydrogen-bond donors (Lipinski definition) is 3. The van der Waals surface area contributed by atoms with Crippen molar-refractivity contribution in [3.05, 3.63) is 99.6 Å². The smallest absolute Gasteiger partial charge is 0.246 e. The molecule has 3 N–H and O–H groups in total. The molecule has 3 aliphatic rings. The van der Waals surface area contributed by atoms with Crippen molar-refractivity contribution in [3.8, 4) is 22.3 Å². The van der Waals surface area contributed by atoms with Crippen molar-refractivity contribution < 1.29 is 33.8 Å². The number of aliphatic hydroxyl groups excluding tert-OH is 1. The molecule has 0 radical (unpaired) electrons. The van der Waals surface area contributed by atoms with Gasteiger partial charge in [0, 0.05) is 56.4 Å². The number of aliphatic hydroxyl groups is 1. The van der Waals surface area contributed by atoms with E-state index in [0.29, 0.717) is 40.8 Å². The largest absolute Gasteiger partial charge is 0.490 e. The molecule has 0 bridgehead atoms. The Kier molecular flexibility index (Phi) is 15.9. The second-order valence-electron chi connectivity index (χ2n) is 19.2. The molecule has 3 heterocycles. The predicted molar refractivity (Wildman–Crippen MR) is 255 cm³/mol. The number of aryl methyl sites for hydroxylation is 1. The van der Waals surface area contributed by atoms with Gasteiger partial charge in [-0.1, -0.05) is 56.6 Å². The zero-order chi connectivity index (χ0) is 47.1. The summed E-state index contributed by atoms with van der Waals surface area (Å²) in [5.74, 6) is 0.290. The van der Waals surface area contributed by atoms with Gasteiger partial charge in [0.05, 0.1) is 44.9 Å². The minimum atomic E-state index is -0.940. The SMILES string of the molecule is Cc1ncsc1-c1ccc([C@H](C)NC(=O)[C@@H]2C[C@@H](O)CN2C(=O)[C@@H](NC(=O)COCCC2CCN(c3ccc(C(=O)CC4CC(Oc5ccc(C#N)c(Cl)c5)C4)cc3)CC2)C(C)(C)C)cc1. The fraction of sp³-hybridized carbons (Fsp3) is 0.490. The third-order valence-electron chi connectivity index (χ3n) is 13.2. The first-order chi connectivity index (χ1) is 31.6. The monoisotopic (exact) mass is 936 g/mol. The van der Waals surface area contributed by atoms with Gasteiger partial charge in [0.1, 0.15) is 30.5 Å². The molecule has 66 heavy (non-hydrogen) atoms. The van der Waals surface area contributed by atoms with E-state index in [1.54, 1.807) is 29.5 Å². The van der Waals surface area contributed by atoms with E-state index in [1.165, 1.54) is 4.90 Å². The molecule has 4 aromatic rings. The molecule has 13 nitrogen and oxygen atoms in total. The number of benzene rings is 3. The van der Waals surface area contributed by atoms with E-state index in [-0.39, 0.29) is 49.3 Å². The molecule has 3 aromatic carbocycles. The number of anilines is 1. The molecule has 3 fully saturated rings. The molecule has 15 heteroatoms. The number of carbonyl (C=O) groups excluding carboxylic acids is 4. The number of piperidine rings is 1. The Labute approximate surface area is 396 Å². The Morgan fingerprint density at radius 1 is 0.985 bits per heavy atom. The topological polar surface area (TPSA) is 174 Å². The van der Waals surface area contributed by atoms with Crippen molar-refractivity contribution in [3.63, 3.8) is 0 Å². The molecule has 0 unspecified atom stereocenters. The lowest BCUT2D eigenvalue weighted by molar-refractivity contribution is -0.144. The van der Waals surface area contributed by atoms with E-state index in [2.05, 4.69) is 20.5 Å². The van der Waals surface area contributed by atoms with Crippen LogP contribution in [-0.2, 0) is 19.1 Å². The first kappa shape index (κ1) is 48.6. The lowest BCUT2D eigenvalue weighted by Crippen LogP contribution is -2.58. The van der Waals surface area contributed by atoms with Gasteiger partial charge in [-0.25, -0.2) is 4.98 Å². The van der Waals surface area contributed by atoms with Gasteiger partial charge in [-0.15, -0.1) is 11.3 Å². The maximum atomic E-state index is 14.1. The Hall–Kier alpha value is -5.33. The van der Waals surface area contributed by atoms with Crippen LogP contribution in [0.3, 0.4) is 0 Å². The van der Waals surface area contributed by atoms with E-state index in [0.717, 1.165) is 72.6 Å². The molecule has 350 valence electrons. The number of ether oxygens (including phenoxy) is 2. The molecule has 3 amide bonds. The van der Waals surface area contributed by atoms with Crippen molar-refractivity contribution in [1.29, 1.82) is 5.26 Å². The first-order valence-electron chi connectivity index (χ1n) is 23.0. The number of nitriles is 1. The zero-order valence-corrected chi connectivity index (χ0v) is 40.0. The van der Waals surface area contributed by atoms with Crippen LogP contribution in [0, 0.1) is 35.5 Å². The number of nitrogens with zero attached hydrogens (tertiary/aromatic N) is 4. The molecule has 2 saturated heterocycles. The Balaban J connectivity index is 0.805. The number of aromatic nitrogens is 1. The summed E-state index contributed by atoms with van der Waals surface area (Å²) >= 11 is 7.71. The van der Waals surface area contributed by atoms with E-state index in [9.17, 15) is 24.3 Å². The summed E-state index contributed by atoms with van der Waals surface area (Å²) in [5.41, 5.74) is 6.28. The van der Waals surface area contributed by atoms with Crippen molar-refractivity contribution in [2.24, 2.45) is 17.3 Å². The first-order valence-corrected chi connectivity index (χ1v) is 24.2. The van der Waals surface area contributed by atoms with Gasteiger partial charge in [-0.05, 0) is 111 Å². The second-order valence-corrected chi connectivity index (χ2v) is 20.4. The number of nitrogens with one attached hydrogen (secondary N) is 2. The van der Waals surface area contributed by atoms with Gasteiger partial charge in [0.2, 0.25) is 17.7 Å². The van der Waals surface area contributed by atoms with Crippen molar-refractivity contribution in [2.45, 2.75) is 110 Å². The van der Waals surface area contributed by atoms with Crippen LogP contribution in [0.25, 0.3) is 10.4 Å². The number of likely N-dealkylation sites (tertiary alicyclic amines) is 1. The van der Waals surface area contributed by atoms with E-state index in [1.807, 2.05) is 94.7 Å². The number of carbonyl (C=O) groups is 4. The van der Waals surface area contributed by atoms with Gasteiger partial charge >= 0.3 is 0 Å². The molecule has 1 aliphatic carbocycles. The minimum Gasteiger partial charge on any atom is -0.490 e. The number of halogens is 1. The predicted octanol–water partition coefficient (Wildman–Crippen LogP) is 8.07. The summed E-state index contributed by atoms with van der Waals surface area (Å²) < 4.78 is 11.8. The van der Waals surface area contributed by atoms with Crippen LogP contribution >= 0.6 is 22.9 Å². The van der Waals surface area contributed by atoms with Crippen molar-refractivity contribution in [1.82, 2.24) is 20.5 Å². The minimum absolute atomic E-state index is 0.00431. The second kappa shape index (κ2) is 21.5. The summed E-state index contributed by atoms with van der Waals surface area (Å²) in [7, 11) is 0. The highest BCUT2D eigenvalue weighted by Crippen LogP contribution is 2.36. The number of rotatable bonds is 17. The highest BCUT2D eigenvalue weighted by Gasteiger charge is 2.45. The molecular weight excluding hydrogens is 876 g/mol. The molecule has 0 spiro atoms. The Bertz CT molecular complexity index is 2380. The highest BCUT2D eigenvalue weighted by molar-refractivity contribution is 7.13. The van der Waals surface area contributed by atoms with Crippen LogP contribution in [0.15, 0.2) is 72.2 Å². The average Bonchev–Trinajstić information content (AvgIpc) is 3.91. The molecule has 1 saturated carbocycles. The lowest BCUT2D eigenvalue weighted by Gasteiger charge is -2.35. The van der Waals surface area contributed by atoms with E-state index in [4.69, 9.17) is 26.3 Å². The fourth-order valence-corrected chi connectivity index (χ4v) is 10.2. The van der Waals surface area contributed by atoms with Crippen LogP contribution in [-0.4, -0.2) is 95.6 Å². The van der Waals surface area contributed by atoms with Crippen LogP contribution in [0.4, 0.5) is 5.69 Å². The van der Waals surface area contributed by atoms with Gasteiger partial charge < -0.3 is 35.0 Å². The molecular formula is C51H61ClN6O7S. The standard InChI is InChI=1S/C51H61ClN6O7S/c1-31(35-6-8-37(9-7-35)47-32(2)54-30-66-47)55-49(62)44-25-40(59)28-58(44)50(63)48(51(3,4)5)56-46(61)29-64-21-18-33-16-19-57(20-17-33)39-13-10-36(11-14-39)45(60)24-34-22-42(23-34)65-41-15-12-38(27-53)43(52)26-41/h6-15,26,30-31,33-34,40,42,44,48,59H,16-25,28-29H2,1-5H3,(H,55,62)(H,56,61)/t31-,34?,40+,42?,44-,48+/m0/s1. The molecule has 2 aliphatic heterocycles. The number of hydrogen-bond acceptors (Lipinski definition) is 11. The fourth-order valence-electron chi connectivity index (χ4n) is 9.14. The molecule has 4 atom stereocenters. The summed E-state index contributed by atoms with van der Waals surface area (Å²) in [6.45, 7) is 11.4. The lowest BCUT2D eigenvalue weighted by atomic mass is 9.78. The zero-order valence-electron chi connectivity index (χ0n) is 38.4. The quantitative estimate of drug-likeness (QED) is 0.0694. The van der Waals surface area contributed by atoms with Crippen LogP contribution in [0.2, 0.25) is 5.02 Å². The van der Waals surface area contributed by atoms with Crippen LogP contribution in [0.5, 0.6) is 5.75 Å². The van der Waals surface area contributed by atoms with Gasteiger partial charge in [-0.3, -0.25) is 19.2 Å². The van der Waals surface area contributed by atoms with Gasteiger partial charge in [0.25, 0.3) is 0 Å². The maximum absolute atomic E-state index is 14.1. The number of ketones is 1. The average molecular weight is 938 g/mol. The summed E-state index contributed by atoms with van der Waals surface area (Å²) in [6.07, 6.45) is 4.11. The van der Waals surface area contributed by atoms with Crippen LogP contribution in [0.1, 0.15) is 106 Å². The van der Waals surface area contributed by atoms with E-state index < -0.39 is 35.4 Å². The third-order valence-corrected chi connectivity index (χ3v) is 14.5. The summed E-state index contributed by atoms with van der Waals surface area (Å²) in [4.78, 5) is 63.2. The van der Waals surface area contributed by atoms with Crippen molar-refractivity contribution in [2.75, 3.05) is 37.7 Å². The number of thiazole rings is 1. The highest BCUT2D eigenvalue weighted by atomic mass is 35.5. The number of Topliss-reactive ketones (excluding diaryl/α,β-unsaturated/α-hetero) is 1. The molecule has 7 rings (SSSR count). The summed E-state index contributed by atoms with van der Waals surface area (Å²) in [6, 6.07) is 20.8. The number of amides is 3. The van der Waals surface area contributed by atoms with Gasteiger partial charge in [0.15, 0.2) is 5.78 Å². The number of β-amino-alcohol motifs (C(OH)–C–C–N with tert-alkyl or cyclic N) is 1. The third kappa shape index (κ3) is 12.2. The Morgan fingerprint density at radius 2 is 1.70 bits per heavy atom. The normalized spacial score (nSPS) is 20.8. The van der Waals surface area contributed by atoms with Crippen LogP contribution < -0.4 is 20.3 Å².